The number of carbonyl (C=O) groups is 3. The molecule has 3 rings (SSSR count). The first-order valence-corrected chi connectivity index (χ1v) is 11.8. The van der Waals surface area contributed by atoms with E-state index in [9.17, 15) is 14.4 Å². The summed E-state index contributed by atoms with van der Waals surface area (Å²) in [5.74, 6) is -1.17. The Kier molecular flexibility index (Phi) is 9.45. The van der Waals surface area contributed by atoms with Crippen LogP contribution in [0.5, 0.6) is 0 Å². The van der Waals surface area contributed by atoms with Gasteiger partial charge in [0, 0.05) is 16.4 Å². The second-order valence-corrected chi connectivity index (χ2v) is 8.99. The van der Waals surface area contributed by atoms with Crippen LogP contribution in [-0.2, 0) is 33.8 Å². The van der Waals surface area contributed by atoms with Crippen molar-refractivity contribution in [3.05, 3.63) is 105 Å². The fraction of sp³-hybridized carbons (Fsp3) is 0.192. The highest BCUT2D eigenvalue weighted by Gasteiger charge is 2.26. The predicted octanol–water partition coefficient (Wildman–Crippen LogP) is 3.34. The number of nitrogens with one attached hydrogen (secondary N) is 2. The van der Waals surface area contributed by atoms with Crippen LogP contribution >= 0.6 is 22.6 Å². The van der Waals surface area contributed by atoms with Crippen molar-refractivity contribution < 1.29 is 19.1 Å². The van der Waals surface area contributed by atoms with Crippen molar-refractivity contribution in [3.63, 3.8) is 0 Å². The molecule has 7 nitrogen and oxygen atoms in total. The van der Waals surface area contributed by atoms with Gasteiger partial charge in [-0.15, -0.1) is 0 Å². The maximum absolute atomic E-state index is 13.1. The third kappa shape index (κ3) is 8.18. The summed E-state index contributed by atoms with van der Waals surface area (Å²) in [7, 11) is 0. The molecule has 0 fully saturated rings. The van der Waals surface area contributed by atoms with Crippen molar-refractivity contribution in [1.82, 2.24) is 10.6 Å². The first-order chi connectivity index (χ1) is 16.4. The van der Waals surface area contributed by atoms with Crippen LogP contribution in [0.1, 0.15) is 16.7 Å². The molecule has 0 bridgehead atoms. The molecular formula is C26H26IN3O4. The van der Waals surface area contributed by atoms with Gasteiger partial charge in [0.25, 0.3) is 0 Å². The average Bonchev–Trinajstić information content (AvgIpc) is 2.84. The largest absolute Gasteiger partial charge is 0.445 e. The Hall–Kier alpha value is -3.40. The molecule has 0 aliphatic rings. The van der Waals surface area contributed by atoms with Gasteiger partial charge in [0.15, 0.2) is 0 Å². The number of hydrogen-bond acceptors (Lipinski definition) is 4. The van der Waals surface area contributed by atoms with E-state index in [1.807, 2.05) is 84.9 Å². The zero-order valence-corrected chi connectivity index (χ0v) is 20.6. The minimum Gasteiger partial charge on any atom is -0.445 e. The van der Waals surface area contributed by atoms with Crippen LogP contribution in [0.15, 0.2) is 84.9 Å². The van der Waals surface area contributed by atoms with Crippen LogP contribution in [0.4, 0.5) is 4.79 Å². The van der Waals surface area contributed by atoms with E-state index in [0.717, 1.165) is 20.3 Å². The van der Waals surface area contributed by atoms with Gasteiger partial charge in [0.1, 0.15) is 18.7 Å². The maximum Gasteiger partial charge on any atom is 0.408 e. The van der Waals surface area contributed by atoms with Crippen molar-refractivity contribution in [2.45, 2.75) is 31.5 Å². The van der Waals surface area contributed by atoms with E-state index in [2.05, 4.69) is 33.2 Å². The monoisotopic (exact) mass is 571 g/mol. The Balaban J connectivity index is 1.68. The molecule has 4 N–H and O–H groups in total. The Labute approximate surface area is 212 Å². The average molecular weight is 571 g/mol. The number of benzene rings is 3. The Bertz CT molecular complexity index is 1090. The van der Waals surface area contributed by atoms with Crippen molar-refractivity contribution in [2.24, 2.45) is 5.73 Å². The lowest BCUT2D eigenvalue weighted by Crippen LogP contribution is -2.54. The molecule has 0 unspecified atom stereocenters. The third-order valence-electron chi connectivity index (χ3n) is 5.12. The summed E-state index contributed by atoms with van der Waals surface area (Å²) in [5, 5.41) is 5.32. The number of alkyl carbamates (subject to hydrolysis) is 1. The van der Waals surface area contributed by atoms with Gasteiger partial charge in [-0.2, -0.15) is 0 Å². The van der Waals surface area contributed by atoms with Gasteiger partial charge >= 0.3 is 6.09 Å². The quantitative estimate of drug-likeness (QED) is 0.325. The second-order valence-electron chi connectivity index (χ2n) is 7.74. The van der Waals surface area contributed by atoms with Crippen LogP contribution in [0.3, 0.4) is 0 Å². The fourth-order valence-electron chi connectivity index (χ4n) is 3.32. The van der Waals surface area contributed by atoms with Crippen molar-refractivity contribution in [3.8, 4) is 0 Å². The van der Waals surface area contributed by atoms with E-state index in [-0.39, 0.29) is 19.4 Å². The second kappa shape index (κ2) is 12.7. The lowest BCUT2D eigenvalue weighted by molar-refractivity contribution is -0.128. The minimum absolute atomic E-state index is 0.0725. The van der Waals surface area contributed by atoms with E-state index >= 15 is 0 Å². The normalized spacial score (nSPS) is 12.3. The molecule has 0 radical (unpaired) electrons. The zero-order chi connectivity index (χ0) is 24.3. The number of halogens is 1. The van der Waals surface area contributed by atoms with Crippen molar-refractivity contribution >= 4 is 40.5 Å². The molecule has 3 aromatic carbocycles. The fourth-order valence-corrected chi connectivity index (χ4v) is 3.68. The first-order valence-electron chi connectivity index (χ1n) is 10.8. The molecule has 0 heterocycles. The van der Waals surface area contributed by atoms with E-state index < -0.39 is 30.0 Å². The SMILES string of the molecule is NC(=O)[C@H](Cc1ccc(I)cc1)NC(=O)[C@@H](Cc1ccccc1)NC(=O)OCc1ccccc1. The van der Waals surface area contributed by atoms with Crippen molar-refractivity contribution in [1.29, 1.82) is 0 Å². The van der Waals surface area contributed by atoms with Gasteiger partial charge in [-0.3, -0.25) is 9.59 Å². The Morgan fingerprint density at radius 3 is 1.85 bits per heavy atom. The summed E-state index contributed by atoms with van der Waals surface area (Å²) in [4.78, 5) is 37.6. The number of hydrogen-bond donors (Lipinski definition) is 3. The van der Waals surface area contributed by atoms with E-state index in [4.69, 9.17) is 10.5 Å². The highest BCUT2D eigenvalue weighted by atomic mass is 127. The molecular weight excluding hydrogens is 545 g/mol. The number of ether oxygens (including phenoxy) is 1. The molecule has 0 saturated carbocycles. The number of nitrogens with two attached hydrogens (primary N) is 1. The molecule has 0 saturated heterocycles. The molecule has 0 spiro atoms. The van der Waals surface area contributed by atoms with Gasteiger partial charge < -0.3 is 21.1 Å². The van der Waals surface area contributed by atoms with Gasteiger partial charge in [0.05, 0.1) is 0 Å². The molecule has 34 heavy (non-hydrogen) atoms. The van der Waals surface area contributed by atoms with E-state index in [0.29, 0.717) is 0 Å². The Morgan fingerprint density at radius 2 is 1.26 bits per heavy atom. The van der Waals surface area contributed by atoms with E-state index in [1.165, 1.54) is 0 Å². The molecule has 2 atom stereocenters. The molecule has 3 amide bonds. The third-order valence-corrected chi connectivity index (χ3v) is 5.84. The van der Waals surface area contributed by atoms with Gasteiger partial charge in [-0.1, -0.05) is 72.8 Å². The summed E-state index contributed by atoms with van der Waals surface area (Å²) >= 11 is 2.19. The number of amides is 3. The molecule has 8 heteroatoms. The van der Waals surface area contributed by atoms with Crippen LogP contribution in [0.2, 0.25) is 0 Å². The topological polar surface area (TPSA) is 111 Å². The highest BCUT2D eigenvalue weighted by Crippen LogP contribution is 2.10. The molecule has 176 valence electrons. The number of carbonyl (C=O) groups excluding carboxylic acids is 3. The van der Waals surface area contributed by atoms with Crippen LogP contribution < -0.4 is 16.4 Å². The highest BCUT2D eigenvalue weighted by molar-refractivity contribution is 14.1. The minimum atomic E-state index is -0.954. The number of rotatable bonds is 10. The molecule has 0 aliphatic carbocycles. The summed E-state index contributed by atoms with van der Waals surface area (Å²) < 4.78 is 6.34. The van der Waals surface area contributed by atoms with Crippen molar-refractivity contribution in [2.75, 3.05) is 0 Å². The first kappa shape index (κ1) is 25.2. The molecule has 3 aromatic rings. The van der Waals surface area contributed by atoms with Gasteiger partial charge in [0.2, 0.25) is 11.8 Å². The lowest BCUT2D eigenvalue weighted by atomic mass is 10.0. The summed E-state index contributed by atoms with van der Waals surface area (Å²) in [6.45, 7) is 0.0725. The van der Waals surface area contributed by atoms with E-state index in [1.54, 1.807) is 0 Å². The summed E-state index contributed by atoms with van der Waals surface area (Å²) in [5.41, 5.74) is 8.10. The van der Waals surface area contributed by atoms with Gasteiger partial charge in [-0.25, -0.2) is 4.79 Å². The molecule has 0 aromatic heterocycles. The van der Waals surface area contributed by atoms with Crippen LogP contribution in [0.25, 0.3) is 0 Å². The zero-order valence-electron chi connectivity index (χ0n) is 18.4. The summed E-state index contributed by atoms with van der Waals surface area (Å²) in [6.07, 6.45) is -0.260. The summed E-state index contributed by atoms with van der Waals surface area (Å²) in [6, 6.07) is 24.2. The number of primary amides is 1. The Morgan fingerprint density at radius 1 is 0.735 bits per heavy atom. The predicted molar refractivity (Wildman–Crippen MR) is 138 cm³/mol. The maximum atomic E-state index is 13.1. The lowest BCUT2D eigenvalue weighted by Gasteiger charge is -2.22. The van der Waals surface area contributed by atoms with Crippen LogP contribution in [-0.4, -0.2) is 30.0 Å². The van der Waals surface area contributed by atoms with Crippen LogP contribution in [0, 0.1) is 3.57 Å². The molecule has 0 aliphatic heterocycles. The standard InChI is InChI=1S/C26H26IN3O4/c27-21-13-11-19(12-14-21)15-22(24(28)31)29-25(32)23(16-18-7-3-1-4-8-18)30-26(33)34-17-20-9-5-2-6-10-20/h1-14,22-23H,15-17H2,(H2,28,31)(H,29,32)(H,30,33)/t22-,23+/m0/s1. The smallest absolute Gasteiger partial charge is 0.408 e. The van der Waals surface area contributed by atoms with Gasteiger partial charge in [-0.05, 0) is 51.4 Å².